The van der Waals surface area contributed by atoms with Crippen LogP contribution in [0.25, 0.3) is 10.2 Å². The number of rotatable bonds is 2. The Labute approximate surface area is 111 Å². The lowest BCUT2D eigenvalue weighted by Crippen LogP contribution is -2.11. The summed E-state index contributed by atoms with van der Waals surface area (Å²) in [4.78, 5) is 0.568. The average Bonchev–Trinajstić information content (AvgIpc) is 2.43. The molecule has 80 valence electrons. The van der Waals surface area contributed by atoms with E-state index in [4.69, 9.17) is 5.41 Å². The quantitative estimate of drug-likeness (QED) is 0.801. The molecule has 15 heavy (non-hydrogen) atoms. The van der Waals surface area contributed by atoms with Gasteiger partial charge in [-0.25, -0.2) is 0 Å². The molecule has 0 spiro atoms. The zero-order valence-corrected chi connectivity index (χ0v) is 12.0. The van der Waals surface area contributed by atoms with E-state index < -0.39 is 0 Å². The van der Waals surface area contributed by atoms with Gasteiger partial charge in [0.05, 0.1) is 10.2 Å². The van der Waals surface area contributed by atoms with Gasteiger partial charge in [-0.05, 0) is 18.2 Å². The largest absolute Gasteiger partial charge is 0.313 e. The minimum atomic E-state index is 0. The van der Waals surface area contributed by atoms with Gasteiger partial charge in [-0.2, -0.15) is 0 Å². The highest BCUT2D eigenvalue weighted by atomic mass is 79.9. The molecular weight excluding hydrogens is 340 g/mol. The number of aromatic nitrogens is 1. The monoisotopic (exact) mass is 348 g/mol. The van der Waals surface area contributed by atoms with Gasteiger partial charge in [-0.1, -0.05) is 33.3 Å². The highest BCUT2D eigenvalue weighted by Crippen LogP contribution is 2.21. The molecule has 1 heterocycles. The second-order valence-electron chi connectivity index (χ2n) is 2.92. The molecule has 0 bridgehead atoms. The molecule has 1 aromatic carbocycles. The molecule has 0 aliphatic rings. The molecule has 1 N–H and O–H groups in total. The van der Waals surface area contributed by atoms with Gasteiger partial charge in [-0.3, -0.25) is 5.41 Å². The van der Waals surface area contributed by atoms with Crippen LogP contribution in [0.5, 0.6) is 0 Å². The van der Waals surface area contributed by atoms with Crippen molar-refractivity contribution in [2.24, 2.45) is 0 Å². The molecule has 1 aromatic heterocycles. The second-order valence-corrected chi connectivity index (χ2v) is 4.86. The fourth-order valence-electron chi connectivity index (χ4n) is 1.37. The van der Waals surface area contributed by atoms with Crippen molar-refractivity contribution in [3.05, 3.63) is 40.1 Å². The van der Waals surface area contributed by atoms with E-state index in [1.807, 2.05) is 28.8 Å². The summed E-state index contributed by atoms with van der Waals surface area (Å²) in [5, 5.41) is 7.79. The minimum Gasteiger partial charge on any atom is -0.313 e. The number of thiazole rings is 1. The third-order valence-electron chi connectivity index (χ3n) is 1.98. The van der Waals surface area contributed by atoms with Gasteiger partial charge in [0.25, 0.3) is 0 Å². The van der Waals surface area contributed by atoms with E-state index >= 15 is 0 Å². The molecule has 2 rings (SSSR count). The summed E-state index contributed by atoms with van der Waals surface area (Å²) in [6.45, 7) is 4.39. The summed E-state index contributed by atoms with van der Waals surface area (Å²) in [7, 11) is 0. The van der Waals surface area contributed by atoms with Crippen LogP contribution in [0, 0.1) is 5.41 Å². The first-order valence-electron chi connectivity index (χ1n) is 4.17. The van der Waals surface area contributed by atoms with E-state index in [0.29, 0.717) is 11.3 Å². The Balaban J connectivity index is 0.00000112. The highest BCUT2D eigenvalue weighted by molar-refractivity contribution is 9.10. The van der Waals surface area contributed by atoms with Crippen molar-refractivity contribution in [2.45, 2.75) is 6.54 Å². The van der Waals surface area contributed by atoms with Gasteiger partial charge < -0.3 is 4.57 Å². The molecular formula is C10H10Br2N2S. The normalized spacial score (nSPS) is 9.93. The molecule has 0 radical (unpaired) electrons. The number of allylic oxidation sites excluding steroid dienone is 1. The van der Waals surface area contributed by atoms with Crippen LogP contribution in [-0.2, 0) is 6.54 Å². The third kappa shape index (κ3) is 2.41. The number of hydrogen-bond acceptors (Lipinski definition) is 2. The standard InChI is InChI=1S/C10H9BrN2S.BrH/c1-2-5-13-8-4-3-7(11)6-9(8)14-10(13)12;/h2-4,6,12H,1,5H2;1H. The Bertz CT molecular complexity index is 542. The van der Waals surface area contributed by atoms with E-state index in [1.54, 1.807) is 0 Å². The van der Waals surface area contributed by atoms with Gasteiger partial charge in [0, 0.05) is 11.0 Å². The van der Waals surface area contributed by atoms with E-state index in [0.717, 1.165) is 14.7 Å². The maximum atomic E-state index is 7.79. The van der Waals surface area contributed by atoms with Crippen molar-refractivity contribution < 1.29 is 0 Å². The minimum absolute atomic E-state index is 0. The van der Waals surface area contributed by atoms with E-state index in [2.05, 4.69) is 22.5 Å². The molecule has 0 saturated heterocycles. The molecule has 0 aliphatic carbocycles. The summed E-state index contributed by atoms with van der Waals surface area (Å²) < 4.78 is 4.13. The van der Waals surface area contributed by atoms with Gasteiger partial charge in [0.1, 0.15) is 0 Å². The Morgan fingerprint density at radius 3 is 2.93 bits per heavy atom. The average molecular weight is 350 g/mol. The van der Waals surface area contributed by atoms with Crippen LogP contribution in [0.3, 0.4) is 0 Å². The van der Waals surface area contributed by atoms with Crippen molar-refractivity contribution in [1.82, 2.24) is 4.57 Å². The maximum absolute atomic E-state index is 7.79. The van der Waals surface area contributed by atoms with E-state index in [9.17, 15) is 0 Å². The van der Waals surface area contributed by atoms with Crippen LogP contribution in [0.1, 0.15) is 0 Å². The van der Waals surface area contributed by atoms with Crippen molar-refractivity contribution >= 4 is 54.5 Å². The van der Waals surface area contributed by atoms with Crippen LogP contribution in [-0.4, -0.2) is 4.57 Å². The van der Waals surface area contributed by atoms with E-state index in [-0.39, 0.29) is 17.0 Å². The lowest BCUT2D eigenvalue weighted by Gasteiger charge is -1.99. The number of halogens is 2. The zero-order chi connectivity index (χ0) is 10.1. The lowest BCUT2D eigenvalue weighted by molar-refractivity contribution is 0.811. The number of nitrogens with zero attached hydrogens (tertiary/aromatic N) is 1. The first-order chi connectivity index (χ1) is 6.72. The first-order valence-corrected chi connectivity index (χ1v) is 5.77. The predicted molar refractivity (Wildman–Crippen MR) is 73.9 cm³/mol. The van der Waals surface area contributed by atoms with Gasteiger partial charge in [0.15, 0.2) is 4.80 Å². The van der Waals surface area contributed by atoms with Gasteiger partial charge in [0.2, 0.25) is 0 Å². The molecule has 0 unspecified atom stereocenters. The van der Waals surface area contributed by atoms with Gasteiger partial charge >= 0.3 is 0 Å². The van der Waals surface area contributed by atoms with Crippen LogP contribution in [0.4, 0.5) is 0 Å². The molecule has 0 atom stereocenters. The van der Waals surface area contributed by atoms with Crippen LogP contribution in [0.15, 0.2) is 35.3 Å². The zero-order valence-electron chi connectivity index (χ0n) is 7.87. The number of benzene rings is 1. The van der Waals surface area contributed by atoms with Crippen molar-refractivity contribution in [3.8, 4) is 0 Å². The Hall–Kier alpha value is -0.390. The summed E-state index contributed by atoms with van der Waals surface area (Å²) in [6, 6.07) is 6.06. The lowest BCUT2D eigenvalue weighted by atomic mass is 10.3. The number of fused-ring (bicyclic) bond motifs is 1. The van der Waals surface area contributed by atoms with Crippen molar-refractivity contribution in [3.63, 3.8) is 0 Å². The molecule has 0 amide bonds. The number of hydrogen-bond donors (Lipinski definition) is 1. The van der Waals surface area contributed by atoms with Crippen molar-refractivity contribution in [1.29, 1.82) is 5.41 Å². The molecule has 2 aromatic rings. The summed E-state index contributed by atoms with van der Waals surface area (Å²) in [6.07, 6.45) is 1.81. The van der Waals surface area contributed by atoms with Crippen LogP contribution in [0.2, 0.25) is 0 Å². The smallest absolute Gasteiger partial charge is 0.183 e. The molecule has 0 aliphatic heterocycles. The Kier molecular flexibility index (Phi) is 4.31. The fourth-order valence-corrected chi connectivity index (χ4v) is 2.84. The third-order valence-corrected chi connectivity index (χ3v) is 3.43. The SMILES string of the molecule is Br.C=CCn1c(=N)sc2cc(Br)ccc21. The van der Waals surface area contributed by atoms with Crippen LogP contribution >= 0.6 is 44.2 Å². The molecule has 5 heteroatoms. The molecule has 0 fully saturated rings. The van der Waals surface area contributed by atoms with Crippen LogP contribution < -0.4 is 4.80 Å². The predicted octanol–water partition coefficient (Wildman–Crippen LogP) is 3.71. The maximum Gasteiger partial charge on any atom is 0.183 e. The molecule has 2 nitrogen and oxygen atoms in total. The fraction of sp³-hybridized carbons (Fsp3) is 0.100. The summed E-state index contributed by atoms with van der Waals surface area (Å²) in [5.41, 5.74) is 1.10. The summed E-state index contributed by atoms with van der Waals surface area (Å²) >= 11 is 4.91. The Morgan fingerprint density at radius 2 is 2.27 bits per heavy atom. The summed E-state index contributed by atoms with van der Waals surface area (Å²) in [5.74, 6) is 0. The van der Waals surface area contributed by atoms with E-state index in [1.165, 1.54) is 11.3 Å². The van der Waals surface area contributed by atoms with Crippen molar-refractivity contribution in [2.75, 3.05) is 0 Å². The van der Waals surface area contributed by atoms with Gasteiger partial charge in [-0.15, -0.1) is 23.6 Å². The highest BCUT2D eigenvalue weighted by Gasteiger charge is 2.03. The topological polar surface area (TPSA) is 28.8 Å². The Morgan fingerprint density at radius 1 is 1.53 bits per heavy atom. The molecule has 0 saturated carbocycles. The first kappa shape index (κ1) is 12.7. The number of nitrogens with one attached hydrogen (secondary N) is 1. The second kappa shape index (κ2) is 5.09.